The standard InChI is InChI=1S/C26H17Cl2N3O3/c27-18-9-10-20(21(28)12-18)22-13-24(31-25(29-22)14-23(30-31)26(32)33)17-7-4-8-19(11-17)34-15-16-5-2-1-3-6-16/h1-14H,15H2,(H,32,33). The van der Waals surface area contributed by atoms with Crippen molar-refractivity contribution in [2.24, 2.45) is 0 Å². The highest BCUT2D eigenvalue weighted by molar-refractivity contribution is 6.36. The van der Waals surface area contributed by atoms with E-state index in [2.05, 4.69) is 10.1 Å². The van der Waals surface area contributed by atoms with Gasteiger partial charge in [-0.25, -0.2) is 14.3 Å². The van der Waals surface area contributed by atoms with Crippen LogP contribution in [0.25, 0.3) is 28.2 Å². The molecule has 5 rings (SSSR count). The number of fused-ring (bicyclic) bond motifs is 1. The van der Waals surface area contributed by atoms with Crippen molar-refractivity contribution in [2.45, 2.75) is 6.61 Å². The predicted octanol–water partition coefficient (Wildman–Crippen LogP) is 6.65. The third kappa shape index (κ3) is 4.46. The average molecular weight is 490 g/mol. The number of nitrogens with zero attached hydrogens (tertiary/aromatic N) is 3. The van der Waals surface area contributed by atoms with Crippen molar-refractivity contribution >= 4 is 34.8 Å². The van der Waals surface area contributed by atoms with E-state index in [1.807, 2.05) is 60.7 Å². The van der Waals surface area contributed by atoms with Crippen LogP contribution in [0.15, 0.2) is 84.9 Å². The second-order valence-corrected chi connectivity index (χ2v) is 8.40. The fraction of sp³-hybridized carbons (Fsp3) is 0.0385. The Morgan fingerprint density at radius 2 is 1.76 bits per heavy atom. The largest absolute Gasteiger partial charge is 0.489 e. The molecule has 6 nitrogen and oxygen atoms in total. The van der Waals surface area contributed by atoms with Crippen molar-refractivity contribution in [3.05, 3.63) is 106 Å². The Labute approximate surface area is 205 Å². The van der Waals surface area contributed by atoms with Crippen LogP contribution < -0.4 is 4.74 Å². The van der Waals surface area contributed by atoms with Crippen LogP contribution in [-0.2, 0) is 6.61 Å². The Balaban J connectivity index is 1.61. The molecule has 1 N–H and O–H groups in total. The van der Waals surface area contributed by atoms with Crippen LogP contribution in [0.4, 0.5) is 0 Å². The molecule has 0 atom stereocenters. The van der Waals surface area contributed by atoms with Gasteiger partial charge in [-0.1, -0.05) is 65.7 Å². The predicted molar refractivity (Wildman–Crippen MR) is 132 cm³/mol. The maximum absolute atomic E-state index is 11.6. The number of halogens is 2. The van der Waals surface area contributed by atoms with E-state index in [-0.39, 0.29) is 5.69 Å². The molecule has 0 radical (unpaired) electrons. The number of carbonyl (C=O) groups is 1. The summed E-state index contributed by atoms with van der Waals surface area (Å²) in [6.45, 7) is 0.423. The molecule has 0 aliphatic rings. The molecule has 0 amide bonds. The molecule has 0 saturated heterocycles. The molecule has 2 aromatic heterocycles. The van der Waals surface area contributed by atoms with Crippen molar-refractivity contribution in [3.8, 4) is 28.3 Å². The summed E-state index contributed by atoms with van der Waals surface area (Å²) in [4.78, 5) is 16.2. The van der Waals surface area contributed by atoms with Gasteiger partial charge in [-0.15, -0.1) is 0 Å². The quantitative estimate of drug-likeness (QED) is 0.289. The van der Waals surface area contributed by atoms with Crippen LogP contribution in [0.3, 0.4) is 0 Å². The highest BCUT2D eigenvalue weighted by Crippen LogP contribution is 2.33. The SMILES string of the molecule is O=C(O)c1cc2nc(-c3ccc(Cl)cc3Cl)cc(-c3cccc(OCc4ccccc4)c3)n2n1. The number of benzene rings is 3. The summed E-state index contributed by atoms with van der Waals surface area (Å²) in [7, 11) is 0. The highest BCUT2D eigenvalue weighted by atomic mass is 35.5. The molecular formula is C26H17Cl2N3O3. The van der Waals surface area contributed by atoms with Gasteiger partial charge in [0.15, 0.2) is 11.3 Å². The van der Waals surface area contributed by atoms with Crippen molar-refractivity contribution in [2.75, 3.05) is 0 Å². The molecule has 3 aromatic carbocycles. The number of aromatic carboxylic acids is 1. The van der Waals surface area contributed by atoms with E-state index in [0.717, 1.165) is 11.1 Å². The smallest absolute Gasteiger partial charge is 0.356 e. The molecule has 0 bridgehead atoms. The van der Waals surface area contributed by atoms with Crippen molar-refractivity contribution in [1.29, 1.82) is 0 Å². The van der Waals surface area contributed by atoms with Gasteiger partial charge < -0.3 is 9.84 Å². The number of ether oxygens (including phenoxy) is 1. The van der Waals surface area contributed by atoms with Crippen molar-refractivity contribution in [3.63, 3.8) is 0 Å². The Morgan fingerprint density at radius 1 is 0.941 bits per heavy atom. The van der Waals surface area contributed by atoms with Crippen LogP contribution >= 0.6 is 23.2 Å². The first-order valence-corrected chi connectivity index (χ1v) is 11.1. The van der Waals surface area contributed by atoms with Crippen LogP contribution in [-0.4, -0.2) is 25.7 Å². The second-order valence-electron chi connectivity index (χ2n) is 7.56. The minimum absolute atomic E-state index is 0.107. The van der Waals surface area contributed by atoms with E-state index in [4.69, 9.17) is 27.9 Å². The highest BCUT2D eigenvalue weighted by Gasteiger charge is 2.17. The van der Waals surface area contributed by atoms with Gasteiger partial charge >= 0.3 is 5.97 Å². The summed E-state index contributed by atoms with van der Waals surface area (Å²) in [6.07, 6.45) is 0. The van der Waals surface area contributed by atoms with E-state index in [0.29, 0.717) is 45.0 Å². The van der Waals surface area contributed by atoms with Crippen LogP contribution in [0.5, 0.6) is 5.75 Å². The Bertz CT molecular complexity index is 1520. The fourth-order valence-corrected chi connectivity index (χ4v) is 4.11. The third-order valence-electron chi connectivity index (χ3n) is 5.23. The number of carboxylic acids is 1. The van der Waals surface area contributed by atoms with Crippen molar-refractivity contribution in [1.82, 2.24) is 14.6 Å². The lowest BCUT2D eigenvalue weighted by molar-refractivity contribution is 0.0690. The zero-order valence-electron chi connectivity index (χ0n) is 17.7. The maximum atomic E-state index is 11.6. The summed E-state index contributed by atoms with van der Waals surface area (Å²) in [5.41, 5.74) is 3.99. The van der Waals surface area contributed by atoms with Gasteiger partial charge in [0.1, 0.15) is 12.4 Å². The summed E-state index contributed by atoms with van der Waals surface area (Å²) in [5, 5.41) is 14.7. The molecule has 0 fully saturated rings. The molecule has 8 heteroatoms. The maximum Gasteiger partial charge on any atom is 0.356 e. The molecule has 0 spiro atoms. The monoisotopic (exact) mass is 489 g/mol. The van der Waals surface area contributed by atoms with Gasteiger partial charge in [-0.2, -0.15) is 5.10 Å². The summed E-state index contributed by atoms with van der Waals surface area (Å²) < 4.78 is 7.49. The number of hydrogen-bond donors (Lipinski definition) is 1. The average Bonchev–Trinajstić information content (AvgIpc) is 3.28. The summed E-state index contributed by atoms with van der Waals surface area (Å²) in [6, 6.07) is 25.8. The van der Waals surface area contributed by atoms with Crippen molar-refractivity contribution < 1.29 is 14.6 Å². The Kier molecular flexibility index (Phi) is 5.92. The lowest BCUT2D eigenvalue weighted by Gasteiger charge is -2.12. The zero-order chi connectivity index (χ0) is 23.7. The lowest BCUT2D eigenvalue weighted by atomic mass is 10.1. The molecule has 0 aliphatic heterocycles. The van der Waals surface area contributed by atoms with Gasteiger partial charge in [-0.3, -0.25) is 0 Å². The zero-order valence-corrected chi connectivity index (χ0v) is 19.2. The van der Waals surface area contributed by atoms with Gasteiger partial charge in [0.05, 0.1) is 16.4 Å². The molecule has 2 heterocycles. The van der Waals surface area contributed by atoms with Gasteiger partial charge in [0.25, 0.3) is 0 Å². The van der Waals surface area contributed by atoms with Gasteiger partial charge in [0.2, 0.25) is 0 Å². The molecule has 5 aromatic rings. The van der Waals surface area contributed by atoms with E-state index in [1.54, 1.807) is 18.2 Å². The first kappa shape index (κ1) is 21.9. The molecule has 0 saturated carbocycles. The Morgan fingerprint density at radius 3 is 2.53 bits per heavy atom. The molecule has 0 aliphatic carbocycles. The van der Waals surface area contributed by atoms with Gasteiger partial charge in [0, 0.05) is 22.2 Å². The number of rotatable bonds is 6. The van der Waals surface area contributed by atoms with E-state index in [9.17, 15) is 9.90 Å². The fourth-order valence-electron chi connectivity index (χ4n) is 3.61. The van der Waals surface area contributed by atoms with Gasteiger partial charge in [-0.05, 0) is 42.0 Å². The molecule has 0 unspecified atom stereocenters. The van der Waals surface area contributed by atoms with E-state index in [1.165, 1.54) is 10.6 Å². The topological polar surface area (TPSA) is 76.7 Å². The molecular weight excluding hydrogens is 473 g/mol. The van der Waals surface area contributed by atoms with Crippen LogP contribution in [0.2, 0.25) is 10.0 Å². The number of aromatic nitrogens is 3. The van der Waals surface area contributed by atoms with Crippen LogP contribution in [0.1, 0.15) is 16.1 Å². The normalized spacial score (nSPS) is 11.0. The lowest BCUT2D eigenvalue weighted by Crippen LogP contribution is -2.01. The Hall–Kier alpha value is -3.87. The number of hydrogen-bond acceptors (Lipinski definition) is 4. The summed E-state index contributed by atoms with van der Waals surface area (Å²) >= 11 is 12.5. The first-order valence-electron chi connectivity index (χ1n) is 10.3. The molecule has 168 valence electrons. The molecule has 34 heavy (non-hydrogen) atoms. The number of carboxylic acid groups (broad SMARTS) is 1. The minimum atomic E-state index is -1.14. The first-order chi connectivity index (χ1) is 16.5. The van der Waals surface area contributed by atoms with Crippen LogP contribution in [0, 0.1) is 0 Å². The van der Waals surface area contributed by atoms with E-state index >= 15 is 0 Å². The van der Waals surface area contributed by atoms with E-state index < -0.39 is 5.97 Å². The third-order valence-corrected chi connectivity index (χ3v) is 5.78. The minimum Gasteiger partial charge on any atom is -0.489 e. The summed E-state index contributed by atoms with van der Waals surface area (Å²) in [5.74, 6) is -0.467. The second kappa shape index (κ2) is 9.17.